The summed E-state index contributed by atoms with van der Waals surface area (Å²) in [6.45, 7) is 8.72. The van der Waals surface area contributed by atoms with E-state index < -0.39 is 0 Å². The highest BCUT2D eigenvalue weighted by molar-refractivity contribution is 5.95. The first kappa shape index (κ1) is 24.9. The SMILES string of the molecule is CCC(=O)c1ccc(OCC(=O)N2CCC(C(=O)NCC(C)(C)CN(C)C)CC2)cc1. The van der Waals surface area contributed by atoms with Crippen molar-refractivity contribution in [3.05, 3.63) is 29.8 Å². The lowest BCUT2D eigenvalue weighted by Crippen LogP contribution is -2.46. The number of hydrogen-bond donors (Lipinski definition) is 1. The molecule has 1 aliphatic rings. The Bertz CT molecular complexity index is 751. The highest BCUT2D eigenvalue weighted by atomic mass is 16.5. The molecule has 0 aromatic heterocycles. The van der Waals surface area contributed by atoms with Crippen LogP contribution in [0.25, 0.3) is 0 Å². The van der Waals surface area contributed by atoms with Gasteiger partial charge >= 0.3 is 0 Å². The minimum atomic E-state index is -0.0836. The number of nitrogens with zero attached hydrogens (tertiary/aromatic N) is 2. The number of nitrogens with one attached hydrogen (secondary N) is 1. The van der Waals surface area contributed by atoms with E-state index in [0.717, 1.165) is 6.54 Å². The summed E-state index contributed by atoms with van der Waals surface area (Å²) >= 11 is 0. The second-order valence-corrected chi connectivity index (χ2v) is 9.36. The standard InChI is InChI=1S/C24H37N3O4/c1-6-21(28)18-7-9-20(10-8-18)31-15-22(29)27-13-11-19(12-14-27)23(30)25-16-24(2,3)17-26(4)5/h7-10,19H,6,11-17H2,1-5H3,(H,25,30). The van der Waals surface area contributed by atoms with E-state index >= 15 is 0 Å². The summed E-state index contributed by atoms with van der Waals surface area (Å²) in [7, 11) is 4.06. The van der Waals surface area contributed by atoms with Crippen molar-refractivity contribution in [3.63, 3.8) is 0 Å². The molecule has 0 unspecified atom stereocenters. The summed E-state index contributed by atoms with van der Waals surface area (Å²) < 4.78 is 5.59. The molecule has 1 heterocycles. The molecule has 1 saturated heterocycles. The van der Waals surface area contributed by atoms with Crippen molar-refractivity contribution >= 4 is 17.6 Å². The van der Waals surface area contributed by atoms with Crippen molar-refractivity contribution in [2.75, 3.05) is 46.9 Å². The molecule has 7 heteroatoms. The first-order valence-electron chi connectivity index (χ1n) is 11.1. The van der Waals surface area contributed by atoms with Crippen LogP contribution in [0.3, 0.4) is 0 Å². The van der Waals surface area contributed by atoms with Crippen LogP contribution in [-0.2, 0) is 9.59 Å². The van der Waals surface area contributed by atoms with Crippen LogP contribution in [0.2, 0.25) is 0 Å². The molecule has 1 aromatic rings. The van der Waals surface area contributed by atoms with Gasteiger partial charge in [-0.05, 0) is 56.6 Å². The molecule has 2 rings (SSSR count). The third kappa shape index (κ3) is 7.98. The van der Waals surface area contributed by atoms with Gasteiger partial charge in [-0.15, -0.1) is 0 Å². The number of carbonyl (C=O) groups excluding carboxylic acids is 3. The van der Waals surface area contributed by atoms with Gasteiger partial charge in [-0.1, -0.05) is 20.8 Å². The molecule has 2 amide bonds. The number of ketones is 1. The number of benzene rings is 1. The first-order valence-corrected chi connectivity index (χ1v) is 11.1. The summed E-state index contributed by atoms with van der Waals surface area (Å²) in [4.78, 5) is 40.6. The van der Waals surface area contributed by atoms with E-state index in [-0.39, 0.29) is 35.5 Å². The number of hydrogen-bond acceptors (Lipinski definition) is 5. The molecule has 31 heavy (non-hydrogen) atoms. The third-order valence-corrected chi connectivity index (χ3v) is 5.56. The van der Waals surface area contributed by atoms with Gasteiger partial charge in [-0.25, -0.2) is 0 Å². The van der Waals surface area contributed by atoms with Gasteiger partial charge in [0, 0.05) is 44.1 Å². The minimum absolute atomic E-state index is 0.00912. The number of amides is 2. The van der Waals surface area contributed by atoms with Crippen LogP contribution in [0.5, 0.6) is 5.75 Å². The molecule has 0 aliphatic carbocycles. The number of ether oxygens (including phenoxy) is 1. The third-order valence-electron chi connectivity index (χ3n) is 5.56. The van der Waals surface area contributed by atoms with Crippen LogP contribution in [0, 0.1) is 11.3 Å². The van der Waals surface area contributed by atoms with Gasteiger partial charge in [0.1, 0.15) is 5.75 Å². The van der Waals surface area contributed by atoms with Crippen molar-refractivity contribution < 1.29 is 19.1 Å². The molecule has 0 radical (unpaired) electrons. The zero-order valence-electron chi connectivity index (χ0n) is 19.6. The summed E-state index contributed by atoms with van der Waals surface area (Å²) in [5, 5.41) is 3.09. The number of piperidine rings is 1. The summed E-state index contributed by atoms with van der Waals surface area (Å²) in [5.74, 6) is 0.590. The Balaban J connectivity index is 1.73. The Morgan fingerprint density at radius 1 is 1.13 bits per heavy atom. The molecule has 0 saturated carbocycles. The largest absolute Gasteiger partial charge is 0.484 e. The van der Waals surface area contributed by atoms with E-state index in [1.54, 1.807) is 29.2 Å². The number of likely N-dealkylation sites (tertiary alicyclic amines) is 1. The number of Topliss-reactive ketones (excluding diaryl/α,β-unsaturated/α-hetero) is 1. The van der Waals surface area contributed by atoms with Crippen LogP contribution in [0.15, 0.2) is 24.3 Å². The van der Waals surface area contributed by atoms with E-state index in [2.05, 4.69) is 24.1 Å². The highest BCUT2D eigenvalue weighted by Gasteiger charge is 2.28. The van der Waals surface area contributed by atoms with Crippen LogP contribution in [0.4, 0.5) is 0 Å². The molecule has 1 fully saturated rings. The molecule has 7 nitrogen and oxygen atoms in total. The maximum Gasteiger partial charge on any atom is 0.260 e. The second-order valence-electron chi connectivity index (χ2n) is 9.36. The molecule has 1 N–H and O–H groups in total. The van der Waals surface area contributed by atoms with E-state index in [0.29, 0.717) is 50.2 Å². The van der Waals surface area contributed by atoms with Gasteiger partial charge in [-0.2, -0.15) is 0 Å². The molecular weight excluding hydrogens is 394 g/mol. The van der Waals surface area contributed by atoms with Crippen molar-refractivity contribution in [2.45, 2.75) is 40.0 Å². The normalized spacial score (nSPS) is 15.1. The smallest absolute Gasteiger partial charge is 0.260 e. The Morgan fingerprint density at radius 3 is 2.29 bits per heavy atom. The lowest BCUT2D eigenvalue weighted by Gasteiger charge is -2.33. The van der Waals surface area contributed by atoms with E-state index in [1.165, 1.54) is 0 Å². The van der Waals surface area contributed by atoms with Crippen LogP contribution < -0.4 is 10.1 Å². The first-order chi connectivity index (χ1) is 14.6. The van der Waals surface area contributed by atoms with Crippen LogP contribution in [-0.4, -0.2) is 74.3 Å². The Labute approximate surface area is 186 Å². The Morgan fingerprint density at radius 2 is 1.74 bits per heavy atom. The molecule has 1 aliphatic heterocycles. The summed E-state index contributed by atoms with van der Waals surface area (Å²) in [5.41, 5.74) is 0.654. The predicted molar refractivity (Wildman–Crippen MR) is 121 cm³/mol. The fourth-order valence-electron chi connectivity index (χ4n) is 3.95. The average Bonchev–Trinajstić information content (AvgIpc) is 2.75. The maximum absolute atomic E-state index is 12.5. The molecule has 172 valence electrons. The lowest BCUT2D eigenvalue weighted by atomic mass is 9.91. The zero-order chi connectivity index (χ0) is 23.0. The second kappa shape index (κ2) is 11.3. The average molecular weight is 432 g/mol. The number of rotatable bonds is 10. The monoisotopic (exact) mass is 431 g/mol. The van der Waals surface area contributed by atoms with Crippen LogP contribution >= 0.6 is 0 Å². The van der Waals surface area contributed by atoms with Gasteiger partial charge in [0.2, 0.25) is 5.91 Å². The quantitative estimate of drug-likeness (QED) is 0.576. The van der Waals surface area contributed by atoms with E-state index in [4.69, 9.17) is 4.74 Å². The maximum atomic E-state index is 12.5. The van der Waals surface area contributed by atoms with Gasteiger partial charge in [0.25, 0.3) is 5.91 Å². The predicted octanol–water partition coefficient (Wildman–Crippen LogP) is 2.60. The highest BCUT2D eigenvalue weighted by Crippen LogP contribution is 2.20. The van der Waals surface area contributed by atoms with E-state index in [1.807, 2.05) is 21.0 Å². The van der Waals surface area contributed by atoms with Gasteiger partial charge in [0.15, 0.2) is 12.4 Å². The van der Waals surface area contributed by atoms with Crippen molar-refractivity contribution in [3.8, 4) is 5.75 Å². The molecule has 0 bridgehead atoms. The Hall–Kier alpha value is -2.41. The number of carbonyl (C=O) groups is 3. The fraction of sp³-hybridized carbons (Fsp3) is 0.625. The summed E-state index contributed by atoms with van der Waals surface area (Å²) in [6.07, 6.45) is 1.79. The van der Waals surface area contributed by atoms with Crippen molar-refractivity contribution in [2.24, 2.45) is 11.3 Å². The van der Waals surface area contributed by atoms with Gasteiger partial charge in [-0.3, -0.25) is 14.4 Å². The van der Waals surface area contributed by atoms with Crippen LogP contribution in [0.1, 0.15) is 50.4 Å². The molecular formula is C24H37N3O4. The fourth-order valence-corrected chi connectivity index (χ4v) is 3.95. The molecule has 0 atom stereocenters. The zero-order valence-corrected chi connectivity index (χ0v) is 19.6. The molecule has 0 spiro atoms. The Kier molecular flexibility index (Phi) is 9.04. The minimum Gasteiger partial charge on any atom is -0.484 e. The van der Waals surface area contributed by atoms with Gasteiger partial charge < -0.3 is 19.9 Å². The van der Waals surface area contributed by atoms with Crippen molar-refractivity contribution in [1.29, 1.82) is 0 Å². The van der Waals surface area contributed by atoms with Gasteiger partial charge in [0.05, 0.1) is 0 Å². The lowest BCUT2D eigenvalue weighted by molar-refractivity contribution is -0.137. The van der Waals surface area contributed by atoms with E-state index in [9.17, 15) is 14.4 Å². The summed E-state index contributed by atoms with van der Waals surface area (Å²) in [6, 6.07) is 6.86. The van der Waals surface area contributed by atoms with Crippen molar-refractivity contribution in [1.82, 2.24) is 15.1 Å². The molecule has 1 aromatic carbocycles. The topological polar surface area (TPSA) is 79.0 Å².